The maximum absolute atomic E-state index is 12.5. The Labute approximate surface area is 169 Å². The second-order valence-corrected chi connectivity index (χ2v) is 7.85. The first-order valence-electron chi connectivity index (χ1n) is 9.47. The lowest BCUT2D eigenvalue weighted by atomic mass is 10.0. The first kappa shape index (κ1) is 18.3. The number of nitrogens with one attached hydrogen (secondary N) is 2. The van der Waals surface area contributed by atoms with E-state index in [1.165, 1.54) is 10.7 Å². The zero-order chi connectivity index (χ0) is 20.1. The van der Waals surface area contributed by atoms with Gasteiger partial charge in [0.2, 0.25) is 0 Å². The van der Waals surface area contributed by atoms with E-state index in [4.69, 9.17) is 30.6 Å². The van der Waals surface area contributed by atoms with Gasteiger partial charge in [0.05, 0.1) is 16.6 Å². The fourth-order valence-electron chi connectivity index (χ4n) is 4.41. The van der Waals surface area contributed by atoms with E-state index in [9.17, 15) is 9.59 Å². The van der Waals surface area contributed by atoms with Crippen LogP contribution in [0, 0.1) is 0 Å². The highest BCUT2D eigenvalue weighted by molar-refractivity contribution is 6.34. The molecule has 3 aliphatic heterocycles. The van der Waals surface area contributed by atoms with Crippen molar-refractivity contribution in [3.05, 3.63) is 21.6 Å². The lowest BCUT2D eigenvalue weighted by Gasteiger charge is -2.28. The molecule has 1 amide bonds. The molecule has 4 heterocycles. The number of carbonyl (C=O) groups is 1. The average molecular weight is 423 g/mol. The van der Waals surface area contributed by atoms with E-state index >= 15 is 0 Å². The quantitative estimate of drug-likeness (QED) is 0.688. The van der Waals surface area contributed by atoms with Crippen LogP contribution in [0.2, 0.25) is 5.02 Å². The van der Waals surface area contributed by atoms with Crippen LogP contribution in [0.15, 0.2) is 15.3 Å². The number of hydrogen-bond acceptors (Lipinski definition) is 7. The maximum Gasteiger partial charge on any atom is 0.437 e. The summed E-state index contributed by atoms with van der Waals surface area (Å²) in [5.41, 5.74) is 0.419. The van der Waals surface area contributed by atoms with Crippen LogP contribution in [0.3, 0.4) is 0 Å². The molecule has 2 aromatic rings. The predicted molar refractivity (Wildman–Crippen MR) is 102 cm³/mol. The van der Waals surface area contributed by atoms with E-state index < -0.39 is 11.8 Å². The van der Waals surface area contributed by atoms with Crippen LogP contribution in [-0.2, 0) is 0 Å². The van der Waals surface area contributed by atoms with Gasteiger partial charge in [-0.2, -0.15) is 4.68 Å². The van der Waals surface area contributed by atoms with Gasteiger partial charge in [-0.1, -0.05) is 11.6 Å². The normalized spacial score (nSPS) is 25.1. The zero-order valence-electron chi connectivity index (χ0n) is 15.3. The summed E-state index contributed by atoms with van der Waals surface area (Å²) in [4.78, 5) is 23.6. The predicted octanol–water partition coefficient (Wildman–Crippen LogP) is 2.47. The summed E-state index contributed by atoms with van der Waals surface area (Å²) in [5.74, 6) is -0.0894. The van der Waals surface area contributed by atoms with Crippen LogP contribution in [0.5, 0.6) is 11.5 Å². The van der Waals surface area contributed by atoms with Crippen molar-refractivity contribution in [2.24, 2.45) is 0 Å². The first-order chi connectivity index (χ1) is 14.0. The van der Waals surface area contributed by atoms with Crippen LogP contribution in [0.4, 0.5) is 10.5 Å². The van der Waals surface area contributed by atoms with Crippen molar-refractivity contribution < 1.29 is 23.8 Å². The van der Waals surface area contributed by atoms with Gasteiger partial charge < -0.3 is 24.3 Å². The number of hydrogen-bond donors (Lipinski definition) is 3. The number of nitrogens with zero attached hydrogens (tertiary/aromatic N) is 2. The van der Waals surface area contributed by atoms with E-state index in [1.807, 2.05) is 0 Å². The second kappa shape index (κ2) is 6.96. The van der Waals surface area contributed by atoms with E-state index in [0.29, 0.717) is 17.6 Å². The molecular formula is C18H19ClN4O6. The molecule has 2 unspecified atom stereocenters. The van der Waals surface area contributed by atoms with Crippen molar-refractivity contribution in [1.82, 2.24) is 15.1 Å². The monoisotopic (exact) mass is 422 g/mol. The largest absolute Gasteiger partial charge is 0.485 e. The fourth-order valence-corrected chi connectivity index (χ4v) is 4.66. The minimum atomic E-state index is -1.28. The van der Waals surface area contributed by atoms with Gasteiger partial charge in [-0.05, 0) is 31.7 Å². The van der Waals surface area contributed by atoms with Gasteiger partial charge in [0.15, 0.2) is 11.5 Å². The number of aromatic nitrogens is 2. The minimum absolute atomic E-state index is 0.0323. The molecule has 3 aliphatic rings. The SMILES string of the molecule is O=C(O)Nc1c(Cl)cc(-c2nn(C3CC4CCC(C3)N4)c(=O)o2)c2c1OCCO2. The molecule has 1 aromatic carbocycles. The Bertz CT molecular complexity index is 1020. The second-order valence-electron chi connectivity index (χ2n) is 7.45. The number of amides is 1. The van der Waals surface area contributed by atoms with Crippen LogP contribution < -0.4 is 25.9 Å². The molecule has 5 rings (SSSR count). The molecule has 11 heteroatoms. The summed E-state index contributed by atoms with van der Waals surface area (Å²) in [6.07, 6.45) is 2.57. The molecule has 2 atom stereocenters. The number of fused-ring (bicyclic) bond motifs is 3. The Morgan fingerprint density at radius 1 is 1.24 bits per heavy atom. The topological polar surface area (TPSA) is 128 Å². The van der Waals surface area contributed by atoms with Crippen molar-refractivity contribution in [2.45, 2.75) is 43.8 Å². The Morgan fingerprint density at radius 2 is 1.93 bits per heavy atom. The molecule has 29 heavy (non-hydrogen) atoms. The van der Waals surface area contributed by atoms with E-state index in [2.05, 4.69) is 15.7 Å². The Kier molecular flexibility index (Phi) is 4.39. The summed E-state index contributed by atoms with van der Waals surface area (Å²) in [6.45, 7) is 0.494. The number of anilines is 1. The maximum atomic E-state index is 12.5. The van der Waals surface area contributed by atoms with Crippen LogP contribution in [0.1, 0.15) is 31.7 Å². The van der Waals surface area contributed by atoms with E-state index in [0.717, 1.165) is 25.7 Å². The number of halogens is 1. The summed E-state index contributed by atoms with van der Waals surface area (Å²) in [7, 11) is 0. The molecule has 154 valence electrons. The van der Waals surface area contributed by atoms with Gasteiger partial charge in [-0.25, -0.2) is 9.59 Å². The zero-order valence-corrected chi connectivity index (χ0v) is 16.1. The van der Waals surface area contributed by atoms with Gasteiger partial charge in [0, 0.05) is 12.1 Å². The molecule has 0 radical (unpaired) electrons. The molecule has 10 nitrogen and oxygen atoms in total. The van der Waals surface area contributed by atoms with E-state index in [1.54, 1.807) is 0 Å². The van der Waals surface area contributed by atoms with Gasteiger partial charge >= 0.3 is 11.8 Å². The molecule has 3 N–H and O–H groups in total. The Hall–Kier alpha value is -2.72. The third-order valence-electron chi connectivity index (χ3n) is 5.59. The van der Waals surface area contributed by atoms with Crippen LogP contribution in [-0.4, -0.2) is 46.3 Å². The Balaban J connectivity index is 1.55. The molecule has 2 saturated heterocycles. The summed E-state index contributed by atoms with van der Waals surface area (Å²) in [6, 6.07) is 2.22. The van der Waals surface area contributed by atoms with Crippen molar-refractivity contribution in [3.63, 3.8) is 0 Å². The highest BCUT2D eigenvalue weighted by Gasteiger charge is 2.36. The first-order valence-corrected chi connectivity index (χ1v) is 9.85. The van der Waals surface area contributed by atoms with Crippen molar-refractivity contribution in [1.29, 1.82) is 0 Å². The smallest absolute Gasteiger partial charge is 0.437 e. The summed E-state index contributed by atoms with van der Waals surface area (Å²) in [5, 5.41) is 19.3. The lowest BCUT2D eigenvalue weighted by molar-refractivity contribution is 0.172. The minimum Gasteiger partial charge on any atom is -0.485 e. The highest BCUT2D eigenvalue weighted by atomic mass is 35.5. The molecule has 0 saturated carbocycles. The van der Waals surface area contributed by atoms with Gasteiger partial charge in [0.1, 0.15) is 18.9 Å². The summed E-state index contributed by atoms with van der Waals surface area (Å²) >= 11 is 6.28. The van der Waals surface area contributed by atoms with Crippen molar-refractivity contribution >= 4 is 23.4 Å². The Morgan fingerprint density at radius 3 is 2.62 bits per heavy atom. The van der Waals surface area contributed by atoms with Crippen molar-refractivity contribution in [3.8, 4) is 23.0 Å². The van der Waals surface area contributed by atoms with Crippen LogP contribution >= 0.6 is 11.6 Å². The van der Waals surface area contributed by atoms with Gasteiger partial charge in [-0.15, -0.1) is 5.10 Å². The molecule has 0 spiro atoms. The molecule has 0 aliphatic carbocycles. The highest BCUT2D eigenvalue weighted by Crippen LogP contribution is 2.48. The lowest BCUT2D eigenvalue weighted by Crippen LogP contribution is -2.41. The molecule has 1 aromatic heterocycles. The van der Waals surface area contributed by atoms with Gasteiger partial charge in [0.25, 0.3) is 5.89 Å². The number of carboxylic acid groups (broad SMARTS) is 1. The summed E-state index contributed by atoms with van der Waals surface area (Å²) < 4.78 is 18.1. The number of benzene rings is 1. The average Bonchev–Trinajstić information content (AvgIpc) is 3.25. The van der Waals surface area contributed by atoms with Gasteiger partial charge in [-0.3, -0.25) is 5.32 Å². The standard InChI is InChI=1S/C18H19ClN4O6/c19-12-7-11(14-15(28-4-3-27-14)13(12)21-17(24)25)16-22-23(18(26)29-16)10-5-8-1-2-9(6-10)20-8/h7-10,20-21H,1-6H2,(H,24,25). The molecular weight excluding hydrogens is 404 g/mol. The number of rotatable bonds is 3. The number of ether oxygens (including phenoxy) is 2. The third kappa shape index (κ3) is 3.22. The third-order valence-corrected chi connectivity index (χ3v) is 5.89. The van der Waals surface area contributed by atoms with Crippen molar-refractivity contribution in [2.75, 3.05) is 18.5 Å². The number of piperidine rings is 1. The fraction of sp³-hybridized carbons (Fsp3) is 0.500. The molecule has 2 bridgehead atoms. The molecule has 2 fully saturated rings. The van der Waals surface area contributed by atoms with E-state index in [-0.39, 0.29) is 47.4 Å². The van der Waals surface area contributed by atoms with Crippen LogP contribution in [0.25, 0.3) is 11.5 Å².